The summed E-state index contributed by atoms with van der Waals surface area (Å²) in [6, 6.07) is -0.348. The molecule has 0 aromatic heterocycles. The zero-order chi connectivity index (χ0) is 17.1. The van der Waals surface area contributed by atoms with Gasteiger partial charge in [-0.25, -0.2) is 9.59 Å². The molecule has 3 aliphatic rings. The molecule has 0 bridgehead atoms. The van der Waals surface area contributed by atoms with Crippen LogP contribution < -0.4 is 10.6 Å². The molecule has 0 aromatic rings. The van der Waals surface area contributed by atoms with Crippen molar-refractivity contribution in [3.05, 3.63) is 63.5 Å². The minimum atomic E-state index is -0.698. The Hall–Kier alpha value is -2.12. The van der Waals surface area contributed by atoms with Crippen molar-refractivity contribution in [2.45, 2.75) is 0 Å². The third-order valence-electron chi connectivity index (χ3n) is 3.51. The molecule has 1 heterocycles. The van der Waals surface area contributed by atoms with Crippen LogP contribution in [0.25, 0.3) is 0 Å². The van der Waals surface area contributed by atoms with Crippen molar-refractivity contribution in [1.29, 1.82) is 0 Å². The molecule has 3 rings (SSSR count). The third kappa shape index (κ3) is 3.68. The van der Waals surface area contributed by atoms with Crippen molar-refractivity contribution >= 4 is 23.9 Å². The van der Waals surface area contributed by atoms with Crippen LogP contribution in [0.5, 0.6) is 0 Å². The number of piperazine rings is 1. The summed E-state index contributed by atoms with van der Waals surface area (Å²) in [6.07, 6.45) is 13.6. The van der Waals surface area contributed by atoms with Gasteiger partial charge in [0.15, 0.2) is 0 Å². The number of nitrogens with one attached hydrogen (secondary N) is 2. The van der Waals surface area contributed by atoms with Gasteiger partial charge in [-0.2, -0.15) is 0 Å². The Bertz CT molecular complexity index is 490. The van der Waals surface area contributed by atoms with Crippen LogP contribution in [-0.2, 0) is 9.59 Å². The molecular formula is C16H14N4O4. The van der Waals surface area contributed by atoms with Crippen molar-refractivity contribution in [3.8, 4) is 0 Å². The maximum atomic E-state index is 12.1. The summed E-state index contributed by atoms with van der Waals surface area (Å²) >= 11 is 0. The number of carbonyl (C=O) groups is 4. The number of imide groups is 2. The number of urea groups is 2. The van der Waals surface area contributed by atoms with E-state index in [1.807, 2.05) is 0 Å². The summed E-state index contributed by atoms with van der Waals surface area (Å²) < 4.78 is 0. The maximum absolute atomic E-state index is 12.1. The third-order valence-corrected chi connectivity index (χ3v) is 3.51. The number of rotatable bonds is 2. The van der Waals surface area contributed by atoms with E-state index < -0.39 is 37.0 Å². The molecular weight excluding hydrogens is 312 g/mol. The summed E-state index contributed by atoms with van der Waals surface area (Å²) in [7, 11) is 0. The van der Waals surface area contributed by atoms with Gasteiger partial charge in [0.05, 0.1) is 12.1 Å². The van der Waals surface area contributed by atoms with Gasteiger partial charge in [0, 0.05) is 0 Å². The quantitative estimate of drug-likeness (QED) is 0.734. The molecule has 122 valence electrons. The topological polar surface area (TPSA) is 98.8 Å². The fraction of sp³-hybridized carbons (Fsp3) is 0.125. The van der Waals surface area contributed by atoms with E-state index in [2.05, 4.69) is 10.6 Å². The minimum Gasteiger partial charge on any atom is -0.329 e. The molecule has 6 amide bonds. The Morgan fingerprint density at radius 1 is 0.708 bits per heavy atom. The Kier molecular flexibility index (Phi) is 5.01. The molecule has 2 saturated carbocycles. The highest BCUT2D eigenvalue weighted by Gasteiger charge is 2.38. The average Bonchev–Trinajstić information content (AvgIpc) is 3.22. The molecule has 0 spiro atoms. The monoisotopic (exact) mass is 326 g/mol. The normalized spacial score (nSPS) is 23.0. The molecule has 2 aliphatic carbocycles. The lowest BCUT2D eigenvalue weighted by atomic mass is 10.2. The average molecular weight is 326 g/mol. The Morgan fingerprint density at radius 2 is 1.04 bits per heavy atom. The highest BCUT2D eigenvalue weighted by molar-refractivity contribution is 6.08. The second kappa shape index (κ2) is 7.19. The van der Waals surface area contributed by atoms with E-state index in [0.717, 1.165) is 9.80 Å². The minimum absolute atomic E-state index is 0.486. The molecule has 1 aliphatic heterocycles. The lowest BCUT2D eigenvalue weighted by Crippen LogP contribution is -2.61. The molecule has 1 saturated heterocycles. The summed E-state index contributed by atoms with van der Waals surface area (Å²) in [4.78, 5) is 50.0. The fourth-order valence-electron chi connectivity index (χ4n) is 2.28. The number of nitrogens with zero attached hydrogens (tertiary/aromatic N) is 2. The SMILES string of the molecule is O=C1CN(C(=O)N[C]2[CH][CH][CH][CH]2)C(=O)CN1C(=O)N[C]1[CH][CH][CH][CH]1. The van der Waals surface area contributed by atoms with Crippen LogP contribution in [0.2, 0.25) is 0 Å². The number of hydrogen-bond acceptors (Lipinski definition) is 4. The van der Waals surface area contributed by atoms with E-state index in [1.165, 1.54) is 0 Å². The lowest BCUT2D eigenvalue weighted by molar-refractivity contribution is -0.144. The van der Waals surface area contributed by atoms with Crippen molar-refractivity contribution < 1.29 is 19.2 Å². The van der Waals surface area contributed by atoms with E-state index in [4.69, 9.17) is 0 Å². The summed E-state index contributed by atoms with van der Waals surface area (Å²) in [5.41, 5.74) is 0. The number of hydrogen-bond donors (Lipinski definition) is 2. The van der Waals surface area contributed by atoms with Gasteiger partial charge in [0.1, 0.15) is 13.1 Å². The van der Waals surface area contributed by atoms with Gasteiger partial charge in [0.25, 0.3) is 11.8 Å². The van der Waals surface area contributed by atoms with Crippen molar-refractivity contribution in [2.75, 3.05) is 13.1 Å². The van der Waals surface area contributed by atoms with Gasteiger partial charge in [-0.1, -0.05) is 0 Å². The standard InChI is InChI=1S/C16H14N4O4/c21-13-10-20(16(24)18-12-7-3-4-8-12)14(22)9-19(13)15(23)17-11-5-1-2-6-11/h1-8H,9-10H2,(H,17,23)(H,18,24). The van der Waals surface area contributed by atoms with Gasteiger partial charge >= 0.3 is 12.1 Å². The lowest BCUT2D eigenvalue weighted by Gasteiger charge is -2.32. The Balaban J connectivity index is 1.55. The first-order chi connectivity index (χ1) is 11.5. The molecule has 10 radical (unpaired) electrons. The molecule has 8 heteroatoms. The molecule has 2 N–H and O–H groups in total. The second-order valence-electron chi connectivity index (χ2n) is 5.17. The predicted octanol–water partition coefficient (Wildman–Crippen LogP) is -0.198. The molecule has 0 aromatic carbocycles. The number of carbonyl (C=O) groups excluding carboxylic acids is 4. The summed E-state index contributed by atoms with van der Waals surface area (Å²) in [5, 5.41) is 5.04. The summed E-state index contributed by atoms with van der Waals surface area (Å²) in [6.45, 7) is -0.973. The van der Waals surface area contributed by atoms with Crippen molar-refractivity contribution in [2.24, 2.45) is 0 Å². The van der Waals surface area contributed by atoms with Crippen LogP contribution in [-0.4, -0.2) is 46.8 Å². The predicted molar refractivity (Wildman–Crippen MR) is 81.4 cm³/mol. The molecule has 0 atom stereocenters. The smallest absolute Gasteiger partial charge is 0.325 e. The van der Waals surface area contributed by atoms with Gasteiger partial charge < -0.3 is 10.6 Å². The Morgan fingerprint density at radius 3 is 1.38 bits per heavy atom. The summed E-state index contributed by atoms with van der Waals surface area (Å²) in [5.74, 6) is -1.26. The van der Waals surface area contributed by atoms with Crippen LogP contribution in [0.15, 0.2) is 0 Å². The second-order valence-corrected chi connectivity index (χ2v) is 5.17. The molecule has 0 unspecified atom stereocenters. The van der Waals surface area contributed by atoms with Gasteiger partial charge in [-0.15, -0.1) is 0 Å². The van der Waals surface area contributed by atoms with Crippen LogP contribution in [0.4, 0.5) is 9.59 Å². The van der Waals surface area contributed by atoms with Gasteiger partial charge in [-0.3, -0.25) is 19.4 Å². The number of amides is 6. The highest BCUT2D eigenvalue weighted by Crippen LogP contribution is 2.21. The highest BCUT2D eigenvalue weighted by atomic mass is 16.2. The van der Waals surface area contributed by atoms with Gasteiger partial charge in [-0.05, 0) is 51.4 Å². The largest absolute Gasteiger partial charge is 0.329 e. The Labute approximate surface area is 140 Å². The van der Waals surface area contributed by atoms with Crippen molar-refractivity contribution in [3.63, 3.8) is 0 Å². The van der Waals surface area contributed by atoms with Crippen LogP contribution in [0, 0.1) is 63.5 Å². The van der Waals surface area contributed by atoms with E-state index >= 15 is 0 Å². The van der Waals surface area contributed by atoms with E-state index in [9.17, 15) is 19.2 Å². The first-order valence-electron chi connectivity index (χ1n) is 7.21. The first kappa shape index (κ1) is 16.7. The maximum Gasteiger partial charge on any atom is 0.325 e. The first-order valence-corrected chi connectivity index (χ1v) is 7.21. The van der Waals surface area contributed by atoms with E-state index in [0.29, 0.717) is 12.1 Å². The zero-order valence-corrected chi connectivity index (χ0v) is 12.6. The van der Waals surface area contributed by atoms with Crippen LogP contribution in [0.1, 0.15) is 0 Å². The van der Waals surface area contributed by atoms with Crippen LogP contribution >= 0.6 is 0 Å². The fourth-order valence-corrected chi connectivity index (χ4v) is 2.28. The zero-order valence-electron chi connectivity index (χ0n) is 12.6. The molecule has 8 nitrogen and oxygen atoms in total. The van der Waals surface area contributed by atoms with Gasteiger partial charge in [0.2, 0.25) is 0 Å². The van der Waals surface area contributed by atoms with Crippen LogP contribution in [0.3, 0.4) is 0 Å². The van der Waals surface area contributed by atoms with E-state index in [1.54, 1.807) is 51.4 Å². The van der Waals surface area contributed by atoms with E-state index in [-0.39, 0.29) is 0 Å². The molecule has 3 fully saturated rings. The van der Waals surface area contributed by atoms with Crippen molar-refractivity contribution in [1.82, 2.24) is 20.4 Å². The molecule has 24 heavy (non-hydrogen) atoms.